The van der Waals surface area contributed by atoms with Gasteiger partial charge in [-0.05, 0) is 32.8 Å². The van der Waals surface area contributed by atoms with Gasteiger partial charge in [-0.2, -0.15) is 0 Å². The Kier molecular flexibility index (Phi) is 5.85. The third-order valence-corrected chi connectivity index (χ3v) is 5.16. The molecule has 5 nitrogen and oxygen atoms in total. The first-order chi connectivity index (χ1) is 11.5. The molecule has 2 saturated heterocycles. The highest BCUT2D eigenvalue weighted by molar-refractivity contribution is 5.05. The molecule has 0 bridgehead atoms. The number of likely N-dealkylation sites (tertiary alicyclic amines) is 1. The molecule has 0 N–H and O–H groups in total. The molecule has 3 heterocycles. The molecule has 24 heavy (non-hydrogen) atoms. The predicted octanol–water partition coefficient (Wildman–Crippen LogP) is 2.67. The van der Waals surface area contributed by atoms with Crippen molar-refractivity contribution in [2.45, 2.75) is 71.2 Å². The Bertz CT molecular complexity index is 518. The van der Waals surface area contributed by atoms with E-state index in [4.69, 9.17) is 9.72 Å². The number of hydrogen-bond donors (Lipinski definition) is 0. The molecule has 3 rings (SSSR count). The molecule has 2 aliphatic heterocycles. The molecular formula is C19H32N4O. The topological polar surface area (TPSA) is 41.5 Å². The number of hydrogen-bond acceptors (Lipinski definition) is 5. The van der Waals surface area contributed by atoms with Crippen LogP contribution in [0.4, 0.5) is 0 Å². The minimum Gasteiger partial charge on any atom is -0.373 e. The van der Waals surface area contributed by atoms with Crippen LogP contribution in [-0.4, -0.2) is 64.2 Å². The number of ether oxygens (including phenoxy) is 1. The van der Waals surface area contributed by atoms with Crippen LogP contribution in [0.15, 0.2) is 12.3 Å². The highest BCUT2D eigenvalue weighted by Crippen LogP contribution is 2.22. The standard InChI is InChI=1S/C19H32N4O/c1-14(2)19-20-8-5-17(21-19)13-22-9-6-18(7-10-22)23-11-15(3)24-16(4)12-23/h5,8,14-16,18H,6-7,9-13H2,1-4H3/t15-,16+. The first kappa shape index (κ1) is 17.8. The normalized spacial score (nSPS) is 27.7. The van der Waals surface area contributed by atoms with Crippen molar-refractivity contribution >= 4 is 0 Å². The second-order valence-corrected chi connectivity index (χ2v) is 7.78. The van der Waals surface area contributed by atoms with Crippen LogP contribution in [0.3, 0.4) is 0 Å². The summed E-state index contributed by atoms with van der Waals surface area (Å²) >= 11 is 0. The van der Waals surface area contributed by atoms with Gasteiger partial charge < -0.3 is 4.74 Å². The summed E-state index contributed by atoms with van der Waals surface area (Å²) in [5.74, 6) is 1.35. The van der Waals surface area contributed by atoms with Crippen LogP contribution in [0, 0.1) is 0 Å². The van der Waals surface area contributed by atoms with Gasteiger partial charge >= 0.3 is 0 Å². The van der Waals surface area contributed by atoms with Crippen molar-refractivity contribution in [1.29, 1.82) is 0 Å². The Balaban J connectivity index is 1.51. The Morgan fingerprint density at radius 3 is 2.46 bits per heavy atom. The molecule has 2 aliphatic rings. The van der Waals surface area contributed by atoms with Gasteiger partial charge in [-0.25, -0.2) is 9.97 Å². The van der Waals surface area contributed by atoms with Crippen LogP contribution in [0.2, 0.25) is 0 Å². The largest absolute Gasteiger partial charge is 0.373 e. The monoisotopic (exact) mass is 332 g/mol. The van der Waals surface area contributed by atoms with Gasteiger partial charge in [-0.15, -0.1) is 0 Å². The van der Waals surface area contributed by atoms with Gasteiger partial charge in [0.1, 0.15) is 5.82 Å². The molecular weight excluding hydrogens is 300 g/mol. The van der Waals surface area contributed by atoms with Crippen molar-refractivity contribution in [3.8, 4) is 0 Å². The van der Waals surface area contributed by atoms with E-state index in [1.54, 1.807) is 0 Å². The molecule has 0 amide bonds. The third-order valence-electron chi connectivity index (χ3n) is 5.16. The summed E-state index contributed by atoms with van der Waals surface area (Å²) in [4.78, 5) is 14.3. The second kappa shape index (κ2) is 7.89. The quantitative estimate of drug-likeness (QED) is 0.848. The fourth-order valence-corrected chi connectivity index (χ4v) is 3.97. The lowest BCUT2D eigenvalue weighted by Crippen LogP contribution is -2.53. The Hall–Kier alpha value is -1.04. The van der Waals surface area contributed by atoms with E-state index in [-0.39, 0.29) is 0 Å². The van der Waals surface area contributed by atoms with E-state index in [0.29, 0.717) is 24.2 Å². The zero-order valence-corrected chi connectivity index (χ0v) is 15.6. The van der Waals surface area contributed by atoms with Crippen LogP contribution >= 0.6 is 0 Å². The van der Waals surface area contributed by atoms with Gasteiger partial charge in [0.05, 0.1) is 17.9 Å². The highest BCUT2D eigenvalue weighted by Gasteiger charge is 2.30. The maximum Gasteiger partial charge on any atom is 0.131 e. The predicted molar refractivity (Wildman–Crippen MR) is 96.0 cm³/mol. The first-order valence-electron chi connectivity index (χ1n) is 9.45. The molecule has 0 unspecified atom stereocenters. The number of piperidine rings is 1. The maximum atomic E-state index is 5.87. The maximum absolute atomic E-state index is 5.87. The van der Waals surface area contributed by atoms with Crippen molar-refractivity contribution in [2.24, 2.45) is 0 Å². The molecule has 2 fully saturated rings. The van der Waals surface area contributed by atoms with Crippen molar-refractivity contribution in [3.05, 3.63) is 23.8 Å². The summed E-state index contributed by atoms with van der Waals surface area (Å²) < 4.78 is 5.87. The van der Waals surface area contributed by atoms with Crippen molar-refractivity contribution in [2.75, 3.05) is 26.2 Å². The average molecular weight is 332 g/mol. The molecule has 0 radical (unpaired) electrons. The smallest absolute Gasteiger partial charge is 0.131 e. The lowest BCUT2D eigenvalue weighted by molar-refractivity contribution is -0.0866. The lowest BCUT2D eigenvalue weighted by Gasteiger charge is -2.43. The Morgan fingerprint density at radius 2 is 1.83 bits per heavy atom. The fraction of sp³-hybridized carbons (Fsp3) is 0.789. The molecule has 134 valence electrons. The van der Waals surface area contributed by atoms with Crippen LogP contribution in [0.25, 0.3) is 0 Å². The van der Waals surface area contributed by atoms with E-state index in [1.165, 1.54) is 12.8 Å². The van der Waals surface area contributed by atoms with E-state index in [9.17, 15) is 0 Å². The molecule has 0 aromatic carbocycles. The molecule has 2 atom stereocenters. The minimum atomic E-state index is 0.363. The van der Waals surface area contributed by atoms with E-state index in [2.05, 4.69) is 48.5 Å². The second-order valence-electron chi connectivity index (χ2n) is 7.78. The van der Waals surface area contributed by atoms with Gasteiger partial charge in [0, 0.05) is 50.9 Å². The van der Waals surface area contributed by atoms with E-state index < -0.39 is 0 Å². The van der Waals surface area contributed by atoms with Gasteiger partial charge in [0.2, 0.25) is 0 Å². The summed E-state index contributed by atoms with van der Waals surface area (Å²) in [5.41, 5.74) is 1.15. The number of aromatic nitrogens is 2. The molecule has 1 aromatic heterocycles. The Labute approximate surface area is 146 Å². The lowest BCUT2D eigenvalue weighted by atomic mass is 10.0. The Morgan fingerprint density at radius 1 is 1.17 bits per heavy atom. The SMILES string of the molecule is CC(C)c1nccc(CN2CCC(N3C[C@@H](C)O[C@@H](C)C3)CC2)n1. The van der Waals surface area contributed by atoms with Crippen molar-refractivity contribution < 1.29 is 4.74 Å². The van der Waals surface area contributed by atoms with Gasteiger partial charge in [-0.1, -0.05) is 13.8 Å². The zero-order chi connectivity index (χ0) is 17.1. The van der Waals surface area contributed by atoms with E-state index >= 15 is 0 Å². The minimum absolute atomic E-state index is 0.363. The van der Waals surface area contributed by atoms with Crippen molar-refractivity contribution in [3.63, 3.8) is 0 Å². The highest BCUT2D eigenvalue weighted by atomic mass is 16.5. The van der Waals surface area contributed by atoms with Gasteiger partial charge in [-0.3, -0.25) is 9.80 Å². The summed E-state index contributed by atoms with van der Waals surface area (Å²) in [6, 6.07) is 2.77. The summed E-state index contributed by atoms with van der Waals surface area (Å²) in [6.45, 7) is 14.1. The molecule has 0 saturated carbocycles. The number of morpholine rings is 1. The molecule has 5 heteroatoms. The molecule has 0 spiro atoms. The van der Waals surface area contributed by atoms with Crippen LogP contribution in [0.1, 0.15) is 58.0 Å². The van der Waals surface area contributed by atoms with Crippen LogP contribution in [0.5, 0.6) is 0 Å². The molecule has 1 aromatic rings. The number of rotatable bonds is 4. The van der Waals surface area contributed by atoms with Gasteiger partial charge in [0.25, 0.3) is 0 Å². The van der Waals surface area contributed by atoms with Crippen LogP contribution < -0.4 is 0 Å². The van der Waals surface area contributed by atoms with Crippen molar-refractivity contribution in [1.82, 2.24) is 19.8 Å². The fourth-order valence-electron chi connectivity index (χ4n) is 3.97. The molecule has 0 aliphatic carbocycles. The summed E-state index contributed by atoms with van der Waals surface area (Å²) in [7, 11) is 0. The van der Waals surface area contributed by atoms with Gasteiger partial charge in [0.15, 0.2) is 0 Å². The first-order valence-corrected chi connectivity index (χ1v) is 9.45. The summed E-state index contributed by atoms with van der Waals surface area (Å²) in [6.07, 6.45) is 5.13. The zero-order valence-electron chi connectivity index (χ0n) is 15.6. The van der Waals surface area contributed by atoms with E-state index in [0.717, 1.165) is 44.2 Å². The number of nitrogens with zero attached hydrogens (tertiary/aromatic N) is 4. The third kappa shape index (κ3) is 4.52. The summed E-state index contributed by atoms with van der Waals surface area (Å²) in [5, 5.41) is 0. The van der Waals surface area contributed by atoms with Crippen LogP contribution in [-0.2, 0) is 11.3 Å². The van der Waals surface area contributed by atoms with E-state index in [1.807, 2.05) is 6.20 Å². The average Bonchev–Trinajstić information content (AvgIpc) is 2.55.